The van der Waals surface area contributed by atoms with Crippen molar-refractivity contribution in [2.24, 2.45) is 17.8 Å². The molecule has 1 heteroatoms. The smallest absolute Gasteiger partial charge is 0.0675 e. The molecule has 0 amide bonds. The molecule has 0 saturated carbocycles. The fourth-order valence-corrected chi connectivity index (χ4v) is 1.78. The molecule has 90 valence electrons. The molecule has 1 unspecified atom stereocenters. The van der Waals surface area contributed by atoms with E-state index in [0.717, 1.165) is 23.6 Å². The standard InChI is InChI=1S/C14H31B/c1-11(2)13(5)9-7-6-8-10-14(15)12(3)4/h11-14H,6-10,15H2,1-5H3/t13?,14-/m0/s1. The molecule has 0 nitrogen and oxygen atoms in total. The molecule has 0 fully saturated rings. The minimum Gasteiger partial charge on any atom is -0.0675 e. The monoisotopic (exact) mass is 210 g/mol. The van der Waals surface area contributed by atoms with Crippen molar-refractivity contribution < 1.29 is 0 Å². The summed E-state index contributed by atoms with van der Waals surface area (Å²) in [5.41, 5.74) is 0. The first kappa shape index (κ1) is 15.1. The topological polar surface area (TPSA) is 0 Å². The second-order valence-corrected chi connectivity index (χ2v) is 6.08. The molecule has 0 N–H and O–H groups in total. The van der Waals surface area contributed by atoms with E-state index in [-0.39, 0.29) is 0 Å². The Morgan fingerprint density at radius 3 is 1.73 bits per heavy atom. The lowest BCUT2D eigenvalue weighted by atomic mass is 9.75. The van der Waals surface area contributed by atoms with E-state index < -0.39 is 0 Å². The molecule has 0 heterocycles. The minimum atomic E-state index is 0.861. The fourth-order valence-electron chi connectivity index (χ4n) is 1.78. The first-order valence-corrected chi connectivity index (χ1v) is 6.95. The van der Waals surface area contributed by atoms with E-state index in [9.17, 15) is 0 Å². The third kappa shape index (κ3) is 7.93. The van der Waals surface area contributed by atoms with Crippen LogP contribution in [0, 0.1) is 17.8 Å². The van der Waals surface area contributed by atoms with Gasteiger partial charge in [-0.3, -0.25) is 0 Å². The summed E-state index contributed by atoms with van der Waals surface area (Å²) < 4.78 is 0. The zero-order valence-corrected chi connectivity index (χ0v) is 11.8. The molecule has 0 aromatic carbocycles. The van der Waals surface area contributed by atoms with Crippen LogP contribution in [-0.2, 0) is 0 Å². The van der Waals surface area contributed by atoms with Gasteiger partial charge in [0.2, 0.25) is 0 Å². The molecule has 0 aliphatic heterocycles. The van der Waals surface area contributed by atoms with Gasteiger partial charge >= 0.3 is 0 Å². The zero-order valence-electron chi connectivity index (χ0n) is 11.8. The fraction of sp³-hybridized carbons (Fsp3) is 1.00. The Morgan fingerprint density at radius 2 is 1.27 bits per heavy atom. The highest BCUT2D eigenvalue weighted by Gasteiger charge is 2.08. The van der Waals surface area contributed by atoms with Crippen molar-refractivity contribution in [1.29, 1.82) is 0 Å². The summed E-state index contributed by atoms with van der Waals surface area (Å²) in [7, 11) is 2.39. The van der Waals surface area contributed by atoms with Gasteiger partial charge < -0.3 is 0 Å². The van der Waals surface area contributed by atoms with Crippen LogP contribution in [-0.4, -0.2) is 7.85 Å². The van der Waals surface area contributed by atoms with Crippen LogP contribution in [0.1, 0.15) is 66.7 Å². The molecule has 0 spiro atoms. The zero-order chi connectivity index (χ0) is 11.8. The highest BCUT2D eigenvalue weighted by atomic mass is 14.1. The van der Waals surface area contributed by atoms with Crippen LogP contribution in [0.4, 0.5) is 0 Å². The predicted octanol–water partition coefficient (Wildman–Crippen LogP) is 4.31. The van der Waals surface area contributed by atoms with E-state index in [0.29, 0.717) is 0 Å². The van der Waals surface area contributed by atoms with Gasteiger partial charge in [-0.15, -0.1) is 0 Å². The van der Waals surface area contributed by atoms with Crippen molar-refractivity contribution in [3.63, 3.8) is 0 Å². The molecule has 0 aromatic rings. The van der Waals surface area contributed by atoms with Crippen molar-refractivity contribution in [3.8, 4) is 0 Å². The van der Waals surface area contributed by atoms with Crippen LogP contribution in [0.25, 0.3) is 0 Å². The predicted molar refractivity (Wildman–Crippen MR) is 74.2 cm³/mol. The summed E-state index contributed by atoms with van der Waals surface area (Å²) in [6.07, 6.45) is 7.16. The second kappa shape index (κ2) is 8.24. The molecule has 2 atom stereocenters. The maximum absolute atomic E-state index is 2.39. The van der Waals surface area contributed by atoms with Crippen molar-refractivity contribution >= 4 is 7.85 Å². The van der Waals surface area contributed by atoms with E-state index in [4.69, 9.17) is 0 Å². The first-order valence-electron chi connectivity index (χ1n) is 6.95. The summed E-state index contributed by atoms with van der Waals surface area (Å²) in [6.45, 7) is 11.7. The summed E-state index contributed by atoms with van der Waals surface area (Å²) in [5.74, 6) is 3.54. The van der Waals surface area contributed by atoms with Gasteiger partial charge in [0.15, 0.2) is 0 Å². The van der Waals surface area contributed by atoms with Crippen molar-refractivity contribution in [2.45, 2.75) is 72.5 Å². The van der Waals surface area contributed by atoms with Crippen molar-refractivity contribution in [3.05, 3.63) is 0 Å². The van der Waals surface area contributed by atoms with Gasteiger partial charge in [0.1, 0.15) is 7.85 Å². The van der Waals surface area contributed by atoms with E-state index in [1.807, 2.05) is 0 Å². The van der Waals surface area contributed by atoms with Gasteiger partial charge in [0, 0.05) is 0 Å². The van der Waals surface area contributed by atoms with Crippen LogP contribution in [0.5, 0.6) is 0 Å². The molecule has 0 saturated heterocycles. The first-order chi connectivity index (χ1) is 6.95. The Hall–Kier alpha value is 0.0649. The lowest BCUT2D eigenvalue weighted by Gasteiger charge is -2.17. The van der Waals surface area contributed by atoms with Crippen molar-refractivity contribution in [1.82, 2.24) is 0 Å². The molecule has 0 aliphatic carbocycles. The highest BCUT2D eigenvalue weighted by Crippen LogP contribution is 2.22. The molecule has 0 bridgehead atoms. The summed E-state index contributed by atoms with van der Waals surface area (Å²) in [6, 6.07) is 0. The summed E-state index contributed by atoms with van der Waals surface area (Å²) in [4.78, 5) is 0. The quantitative estimate of drug-likeness (QED) is 0.413. The van der Waals surface area contributed by atoms with Gasteiger partial charge in [-0.25, -0.2) is 0 Å². The maximum Gasteiger partial charge on any atom is 0.105 e. The number of unbranched alkanes of at least 4 members (excludes halogenated alkanes) is 2. The van der Waals surface area contributed by atoms with E-state index in [1.54, 1.807) is 0 Å². The molecular weight excluding hydrogens is 179 g/mol. The van der Waals surface area contributed by atoms with Crippen LogP contribution in [0.15, 0.2) is 0 Å². The molecule has 15 heavy (non-hydrogen) atoms. The van der Waals surface area contributed by atoms with E-state index in [2.05, 4.69) is 42.5 Å². The molecule has 0 aromatic heterocycles. The number of hydrogen-bond acceptors (Lipinski definition) is 0. The largest absolute Gasteiger partial charge is 0.105 e. The SMILES string of the molecule is B[C@@H](CCCCCC(C)C(C)C)C(C)C. The van der Waals surface area contributed by atoms with Crippen LogP contribution < -0.4 is 0 Å². The average molecular weight is 210 g/mol. The van der Waals surface area contributed by atoms with Crippen LogP contribution in [0.2, 0.25) is 5.82 Å². The van der Waals surface area contributed by atoms with Crippen LogP contribution in [0.3, 0.4) is 0 Å². The normalized spacial score (nSPS) is 15.9. The third-order valence-corrected chi connectivity index (χ3v) is 4.10. The maximum atomic E-state index is 2.39. The lowest BCUT2D eigenvalue weighted by molar-refractivity contribution is 0.373. The van der Waals surface area contributed by atoms with Gasteiger partial charge in [0.05, 0.1) is 0 Å². The van der Waals surface area contributed by atoms with Crippen LogP contribution >= 0.6 is 0 Å². The Bertz CT molecular complexity index is 124. The Balaban J connectivity index is 3.32. The van der Waals surface area contributed by atoms with Crippen molar-refractivity contribution in [2.75, 3.05) is 0 Å². The summed E-state index contributed by atoms with van der Waals surface area (Å²) >= 11 is 0. The Morgan fingerprint density at radius 1 is 0.733 bits per heavy atom. The number of rotatable bonds is 8. The van der Waals surface area contributed by atoms with Gasteiger partial charge in [0.25, 0.3) is 0 Å². The molecular formula is C14H31B. The number of hydrogen-bond donors (Lipinski definition) is 0. The third-order valence-electron chi connectivity index (χ3n) is 4.10. The molecule has 0 rings (SSSR count). The lowest BCUT2D eigenvalue weighted by Crippen LogP contribution is -2.04. The Kier molecular flexibility index (Phi) is 8.28. The molecule has 0 radical (unpaired) electrons. The van der Waals surface area contributed by atoms with E-state index in [1.165, 1.54) is 32.1 Å². The minimum absolute atomic E-state index is 0.861. The highest BCUT2D eigenvalue weighted by molar-refractivity contribution is 6.11. The van der Waals surface area contributed by atoms with Gasteiger partial charge in [-0.1, -0.05) is 78.5 Å². The average Bonchev–Trinajstić information content (AvgIpc) is 2.16. The van der Waals surface area contributed by atoms with Gasteiger partial charge in [-0.05, 0) is 11.8 Å². The second-order valence-electron chi connectivity index (χ2n) is 6.08. The van der Waals surface area contributed by atoms with E-state index >= 15 is 0 Å². The molecule has 0 aliphatic rings. The summed E-state index contributed by atoms with van der Waals surface area (Å²) in [5, 5.41) is 0. The Labute approximate surface area is 98.6 Å². The van der Waals surface area contributed by atoms with Gasteiger partial charge in [-0.2, -0.15) is 0 Å².